The molecule has 1 aliphatic heterocycles. The van der Waals surface area contributed by atoms with E-state index < -0.39 is 0 Å². The van der Waals surface area contributed by atoms with Crippen molar-refractivity contribution in [3.8, 4) is 0 Å². The van der Waals surface area contributed by atoms with Crippen molar-refractivity contribution in [2.24, 2.45) is 5.73 Å². The fraction of sp³-hybridized carbons (Fsp3) is 0.400. The van der Waals surface area contributed by atoms with Gasteiger partial charge in [0.2, 0.25) is 0 Å². The van der Waals surface area contributed by atoms with Crippen molar-refractivity contribution < 1.29 is 4.52 Å². The van der Waals surface area contributed by atoms with E-state index in [1.54, 1.807) is 0 Å². The Labute approximate surface area is 113 Å². The molecular weight excluding hydrogens is 238 g/mol. The lowest BCUT2D eigenvalue weighted by Crippen LogP contribution is -2.22. The van der Waals surface area contributed by atoms with E-state index in [-0.39, 0.29) is 0 Å². The van der Waals surface area contributed by atoms with Gasteiger partial charge in [0.1, 0.15) is 0 Å². The second-order valence-corrected chi connectivity index (χ2v) is 5.07. The Morgan fingerprint density at radius 2 is 2.11 bits per heavy atom. The lowest BCUT2D eigenvalue weighted by molar-refractivity contribution is 0.226. The predicted molar refractivity (Wildman–Crippen MR) is 73.3 cm³/mol. The normalized spacial score (nSPS) is 16.1. The van der Waals surface area contributed by atoms with Crippen LogP contribution < -0.4 is 5.73 Å². The van der Waals surface area contributed by atoms with Crippen molar-refractivity contribution in [2.75, 3.05) is 6.54 Å². The summed E-state index contributed by atoms with van der Waals surface area (Å²) in [4.78, 5) is 2.41. The van der Waals surface area contributed by atoms with Crippen LogP contribution in [0.2, 0.25) is 0 Å². The van der Waals surface area contributed by atoms with Crippen LogP contribution in [0.1, 0.15) is 29.0 Å². The number of hydrogen-bond acceptors (Lipinski definition) is 4. The Hall–Kier alpha value is -1.65. The van der Waals surface area contributed by atoms with Gasteiger partial charge in [-0.3, -0.25) is 4.90 Å². The minimum Gasteiger partial charge on any atom is -0.360 e. The molecule has 0 saturated heterocycles. The predicted octanol–water partition coefficient (Wildman–Crippen LogP) is 2.08. The first-order valence-electron chi connectivity index (χ1n) is 6.79. The highest BCUT2D eigenvalue weighted by Gasteiger charge is 2.15. The minimum absolute atomic E-state index is 0.437. The molecule has 19 heavy (non-hydrogen) atoms. The van der Waals surface area contributed by atoms with Crippen molar-refractivity contribution >= 4 is 0 Å². The number of aryl methyl sites for hydroxylation is 1. The molecule has 0 unspecified atom stereocenters. The molecule has 2 heterocycles. The summed E-state index contributed by atoms with van der Waals surface area (Å²) in [5, 5.41) is 3.94. The molecule has 2 N–H and O–H groups in total. The van der Waals surface area contributed by atoms with E-state index in [1.807, 2.05) is 6.07 Å². The van der Waals surface area contributed by atoms with Crippen molar-refractivity contribution in [3.63, 3.8) is 0 Å². The maximum atomic E-state index is 5.55. The summed E-state index contributed by atoms with van der Waals surface area (Å²) in [7, 11) is 0. The number of nitrogens with two attached hydrogens (primary N) is 1. The van der Waals surface area contributed by atoms with E-state index in [0.29, 0.717) is 6.54 Å². The SMILES string of the molecule is NCc1cc(CN2CCCc3ccccc3C2)on1. The van der Waals surface area contributed by atoms with Gasteiger partial charge in [0.25, 0.3) is 0 Å². The van der Waals surface area contributed by atoms with Gasteiger partial charge in [-0.25, -0.2) is 0 Å². The van der Waals surface area contributed by atoms with Crippen LogP contribution >= 0.6 is 0 Å². The summed E-state index contributed by atoms with van der Waals surface area (Å²) >= 11 is 0. The average Bonchev–Trinajstić information content (AvgIpc) is 2.78. The van der Waals surface area contributed by atoms with Gasteiger partial charge in [-0.1, -0.05) is 29.4 Å². The zero-order valence-corrected chi connectivity index (χ0v) is 11.0. The van der Waals surface area contributed by atoms with Crippen molar-refractivity contribution in [3.05, 3.63) is 52.9 Å². The van der Waals surface area contributed by atoms with Crippen LogP contribution in [-0.4, -0.2) is 16.6 Å². The molecular formula is C15H19N3O. The number of aromatic nitrogens is 1. The molecule has 0 spiro atoms. The third kappa shape index (κ3) is 2.85. The molecule has 4 heteroatoms. The average molecular weight is 257 g/mol. The summed E-state index contributed by atoms with van der Waals surface area (Å²) in [5.41, 5.74) is 9.28. The summed E-state index contributed by atoms with van der Waals surface area (Å²) < 4.78 is 5.32. The van der Waals surface area contributed by atoms with Crippen LogP contribution in [0.25, 0.3) is 0 Å². The van der Waals surface area contributed by atoms with E-state index in [9.17, 15) is 0 Å². The summed E-state index contributed by atoms with van der Waals surface area (Å²) in [6.45, 7) is 3.32. The van der Waals surface area contributed by atoms with Crippen molar-refractivity contribution in [1.29, 1.82) is 0 Å². The number of rotatable bonds is 3. The maximum Gasteiger partial charge on any atom is 0.151 e. The molecule has 0 amide bonds. The lowest BCUT2D eigenvalue weighted by Gasteiger charge is -2.18. The molecule has 100 valence electrons. The molecule has 1 aliphatic rings. The third-order valence-corrected chi connectivity index (χ3v) is 3.63. The highest BCUT2D eigenvalue weighted by molar-refractivity contribution is 5.28. The molecule has 3 rings (SSSR count). The zero-order chi connectivity index (χ0) is 13.1. The first-order chi connectivity index (χ1) is 9.35. The van der Waals surface area contributed by atoms with E-state index in [1.165, 1.54) is 17.5 Å². The van der Waals surface area contributed by atoms with Crippen LogP contribution in [0.4, 0.5) is 0 Å². The van der Waals surface area contributed by atoms with Gasteiger partial charge in [0.05, 0.1) is 12.2 Å². The Morgan fingerprint density at radius 3 is 2.89 bits per heavy atom. The van der Waals surface area contributed by atoms with Crippen molar-refractivity contribution in [2.45, 2.75) is 32.5 Å². The molecule has 1 aromatic carbocycles. The molecule has 0 bridgehead atoms. The largest absolute Gasteiger partial charge is 0.360 e. The molecule has 2 aromatic rings. The zero-order valence-electron chi connectivity index (χ0n) is 11.0. The third-order valence-electron chi connectivity index (χ3n) is 3.63. The molecule has 1 aromatic heterocycles. The van der Waals surface area contributed by atoms with E-state index in [2.05, 4.69) is 34.3 Å². The first kappa shape index (κ1) is 12.4. The Kier molecular flexibility index (Phi) is 3.62. The second-order valence-electron chi connectivity index (χ2n) is 5.07. The first-order valence-corrected chi connectivity index (χ1v) is 6.79. The van der Waals surface area contributed by atoms with Crippen molar-refractivity contribution in [1.82, 2.24) is 10.1 Å². The second kappa shape index (κ2) is 5.55. The van der Waals surface area contributed by atoms with Gasteiger partial charge in [-0.15, -0.1) is 0 Å². The molecule has 0 radical (unpaired) electrons. The fourth-order valence-corrected chi connectivity index (χ4v) is 2.65. The van der Waals surface area contributed by atoms with Gasteiger partial charge >= 0.3 is 0 Å². The smallest absolute Gasteiger partial charge is 0.151 e. The van der Waals surface area contributed by atoms with Gasteiger partial charge in [0.15, 0.2) is 5.76 Å². The Balaban J connectivity index is 1.72. The standard InChI is InChI=1S/C15H19N3O/c16-9-14-8-15(19-17-14)11-18-7-3-6-12-4-1-2-5-13(12)10-18/h1-2,4-5,8H,3,6-7,9-11,16H2. The van der Waals surface area contributed by atoms with Gasteiger partial charge in [0, 0.05) is 19.2 Å². The van der Waals surface area contributed by atoms with E-state index in [0.717, 1.165) is 37.5 Å². The van der Waals surface area contributed by atoms with Crippen LogP contribution in [0.5, 0.6) is 0 Å². The lowest BCUT2D eigenvalue weighted by atomic mass is 10.0. The topological polar surface area (TPSA) is 55.3 Å². The molecule has 0 atom stereocenters. The van der Waals surface area contributed by atoms with Crippen LogP contribution in [0, 0.1) is 0 Å². The highest BCUT2D eigenvalue weighted by Crippen LogP contribution is 2.20. The molecule has 0 saturated carbocycles. The summed E-state index contributed by atoms with van der Waals surface area (Å²) in [6, 6.07) is 10.7. The molecule has 0 fully saturated rings. The molecule has 0 aliphatic carbocycles. The monoisotopic (exact) mass is 257 g/mol. The highest BCUT2D eigenvalue weighted by atomic mass is 16.5. The Morgan fingerprint density at radius 1 is 1.26 bits per heavy atom. The van der Waals surface area contributed by atoms with Gasteiger partial charge in [-0.05, 0) is 30.5 Å². The number of fused-ring (bicyclic) bond motifs is 1. The number of benzene rings is 1. The van der Waals surface area contributed by atoms with Gasteiger partial charge < -0.3 is 10.3 Å². The maximum absolute atomic E-state index is 5.55. The molecule has 4 nitrogen and oxygen atoms in total. The Bertz CT molecular complexity index is 550. The van der Waals surface area contributed by atoms with Crippen LogP contribution in [-0.2, 0) is 26.1 Å². The van der Waals surface area contributed by atoms with Crippen LogP contribution in [0.15, 0.2) is 34.9 Å². The summed E-state index contributed by atoms with van der Waals surface area (Å²) in [5.74, 6) is 0.903. The minimum atomic E-state index is 0.437. The fourth-order valence-electron chi connectivity index (χ4n) is 2.65. The number of nitrogens with zero attached hydrogens (tertiary/aromatic N) is 2. The van der Waals surface area contributed by atoms with E-state index in [4.69, 9.17) is 10.3 Å². The van der Waals surface area contributed by atoms with Gasteiger partial charge in [-0.2, -0.15) is 0 Å². The van der Waals surface area contributed by atoms with Crippen LogP contribution in [0.3, 0.4) is 0 Å². The summed E-state index contributed by atoms with van der Waals surface area (Å²) in [6.07, 6.45) is 2.35. The quantitative estimate of drug-likeness (QED) is 0.914. The van der Waals surface area contributed by atoms with E-state index >= 15 is 0 Å². The number of hydrogen-bond donors (Lipinski definition) is 1.